The first-order valence-corrected chi connectivity index (χ1v) is 11.6. The Morgan fingerprint density at radius 3 is 2.48 bits per heavy atom. The number of fused-ring (bicyclic) bond motifs is 1. The molecule has 0 saturated heterocycles. The molecule has 1 aliphatic carbocycles. The van der Waals surface area contributed by atoms with E-state index in [4.69, 9.17) is 9.72 Å². The molecule has 0 atom stereocenters. The molecule has 1 aliphatic rings. The minimum Gasteiger partial charge on any atom is -0.488 e. The highest BCUT2D eigenvalue weighted by Gasteiger charge is 2.22. The molecule has 0 bridgehead atoms. The number of hydrogen-bond donors (Lipinski definition) is 0. The molecule has 5 rings (SSSR count). The third-order valence-corrected chi connectivity index (χ3v) is 6.22. The van der Waals surface area contributed by atoms with Gasteiger partial charge in [0.15, 0.2) is 0 Å². The van der Waals surface area contributed by atoms with Gasteiger partial charge in [-0.15, -0.1) is 0 Å². The van der Waals surface area contributed by atoms with Crippen LogP contribution in [0.25, 0.3) is 10.9 Å². The number of para-hydroxylation sites is 2. The van der Waals surface area contributed by atoms with Crippen LogP contribution >= 0.6 is 0 Å². The van der Waals surface area contributed by atoms with Crippen LogP contribution in [0, 0.1) is 0 Å². The van der Waals surface area contributed by atoms with Gasteiger partial charge in [0.1, 0.15) is 18.2 Å². The van der Waals surface area contributed by atoms with Crippen LogP contribution in [0.2, 0.25) is 0 Å². The van der Waals surface area contributed by atoms with Gasteiger partial charge in [-0.2, -0.15) is 9.78 Å². The van der Waals surface area contributed by atoms with Crippen molar-refractivity contribution in [1.29, 1.82) is 0 Å². The molecular weight excluding hydrogens is 410 g/mol. The molecule has 1 aromatic heterocycles. The van der Waals surface area contributed by atoms with Gasteiger partial charge in [-0.3, -0.25) is 4.79 Å². The fourth-order valence-corrected chi connectivity index (χ4v) is 4.45. The van der Waals surface area contributed by atoms with E-state index >= 15 is 0 Å². The molecular formula is C28H27N3O2. The maximum absolute atomic E-state index is 13.4. The first kappa shape index (κ1) is 21.1. The summed E-state index contributed by atoms with van der Waals surface area (Å²) >= 11 is 0. The molecule has 0 amide bonds. The first-order valence-electron chi connectivity index (χ1n) is 11.6. The molecule has 33 heavy (non-hydrogen) atoms. The Labute approximate surface area is 193 Å². The van der Waals surface area contributed by atoms with Gasteiger partial charge in [-0.05, 0) is 42.7 Å². The topological polar surface area (TPSA) is 56.5 Å². The van der Waals surface area contributed by atoms with Crippen molar-refractivity contribution in [3.63, 3.8) is 0 Å². The largest absolute Gasteiger partial charge is 0.488 e. The zero-order valence-corrected chi connectivity index (χ0v) is 18.6. The van der Waals surface area contributed by atoms with E-state index in [-0.39, 0.29) is 11.5 Å². The molecule has 0 unspecified atom stereocenters. The van der Waals surface area contributed by atoms with E-state index in [2.05, 4.69) is 5.10 Å². The molecule has 166 valence electrons. The van der Waals surface area contributed by atoms with E-state index in [1.807, 2.05) is 78.9 Å². The van der Waals surface area contributed by atoms with Gasteiger partial charge < -0.3 is 4.74 Å². The summed E-state index contributed by atoms with van der Waals surface area (Å²) in [6.07, 6.45) is 7.35. The molecule has 0 radical (unpaired) electrons. The minimum absolute atomic E-state index is 0.125. The molecule has 4 aromatic rings. The van der Waals surface area contributed by atoms with Crippen LogP contribution in [-0.2, 0) is 6.61 Å². The van der Waals surface area contributed by atoms with Crippen molar-refractivity contribution in [2.45, 2.75) is 44.6 Å². The number of ether oxygens (including phenoxy) is 1. The Hall–Kier alpha value is -3.73. The minimum atomic E-state index is -0.125. The van der Waals surface area contributed by atoms with Gasteiger partial charge in [0, 0.05) is 11.5 Å². The van der Waals surface area contributed by atoms with Crippen LogP contribution in [0.1, 0.15) is 55.0 Å². The predicted octanol–water partition coefficient (Wildman–Crippen LogP) is 5.91. The highest BCUT2D eigenvalue weighted by atomic mass is 16.5. The molecule has 1 saturated carbocycles. The molecule has 0 N–H and O–H groups in total. The van der Waals surface area contributed by atoms with E-state index in [9.17, 15) is 4.79 Å². The predicted molar refractivity (Wildman–Crippen MR) is 132 cm³/mol. The summed E-state index contributed by atoms with van der Waals surface area (Å²) in [6.45, 7) is 0.469. The summed E-state index contributed by atoms with van der Waals surface area (Å²) in [7, 11) is 0. The van der Waals surface area contributed by atoms with E-state index < -0.39 is 0 Å². The van der Waals surface area contributed by atoms with E-state index in [1.54, 1.807) is 6.21 Å². The van der Waals surface area contributed by atoms with Crippen molar-refractivity contribution in [2.24, 2.45) is 5.10 Å². The fourth-order valence-electron chi connectivity index (χ4n) is 4.45. The summed E-state index contributed by atoms with van der Waals surface area (Å²) < 4.78 is 7.57. The number of nitrogens with zero attached hydrogens (tertiary/aromatic N) is 3. The smallest absolute Gasteiger partial charge is 0.282 e. The summed E-state index contributed by atoms with van der Waals surface area (Å²) in [4.78, 5) is 18.3. The van der Waals surface area contributed by atoms with E-state index in [1.165, 1.54) is 11.1 Å². The number of benzene rings is 3. The molecule has 0 spiro atoms. The summed E-state index contributed by atoms with van der Waals surface area (Å²) in [5.74, 6) is 1.74. The van der Waals surface area contributed by atoms with Crippen LogP contribution < -0.4 is 10.3 Å². The Morgan fingerprint density at radius 2 is 1.64 bits per heavy atom. The van der Waals surface area contributed by atoms with Gasteiger partial charge in [0.25, 0.3) is 5.56 Å². The van der Waals surface area contributed by atoms with Gasteiger partial charge in [-0.25, -0.2) is 4.98 Å². The van der Waals surface area contributed by atoms with Crippen molar-refractivity contribution < 1.29 is 4.74 Å². The Morgan fingerprint density at radius 1 is 0.909 bits per heavy atom. The second-order valence-electron chi connectivity index (χ2n) is 8.50. The average molecular weight is 438 g/mol. The Kier molecular flexibility index (Phi) is 6.29. The maximum atomic E-state index is 13.4. The van der Waals surface area contributed by atoms with Crippen molar-refractivity contribution in [1.82, 2.24) is 9.66 Å². The standard InChI is InChI=1S/C28H27N3O2/c32-28-24-16-8-9-17-25(24)30-27(22-13-5-2-6-14-22)31(28)29-19-23-15-7-10-18-26(23)33-20-21-11-3-1-4-12-21/h1,3-4,7-12,15-19,22H,2,5-6,13-14,20H2. The lowest BCUT2D eigenvalue weighted by Gasteiger charge is -2.22. The third kappa shape index (κ3) is 4.72. The first-order chi connectivity index (χ1) is 16.3. The number of hydrogen-bond acceptors (Lipinski definition) is 4. The number of aromatic nitrogens is 2. The van der Waals surface area contributed by atoms with Gasteiger partial charge in [0.2, 0.25) is 0 Å². The average Bonchev–Trinajstić information content (AvgIpc) is 2.88. The SMILES string of the molecule is O=c1c2ccccc2nc(C2CCCCC2)n1N=Cc1ccccc1OCc1ccccc1. The van der Waals surface area contributed by atoms with Crippen LogP contribution in [0.3, 0.4) is 0 Å². The van der Waals surface area contributed by atoms with Crippen LogP contribution in [0.4, 0.5) is 0 Å². The zero-order valence-electron chi connectivity index (χ0n) is 18.6. The molecule has 1 fully saturated rings. The second-order valence-corrected chi connectivity index (χ2v) is 8.50. The molecule has 1 heterocycles. The molecule has 5 heteroatoms. The third-order valence-electron chi connectivity index (χ3n) is 6.22. The number of rotatable bonds is 6. The van der Waals surface area contributed by atoms with Gasteiger partial charge >= 0.3 is 0 Å². The normalized spacial score (nSPS) is 14.7. The van der Waals surface area contributed by atoms with Gasteiger partial charge in [0.05, 0.1) is 17.1 Å². The zero-order chi connectivity index (χ0) is 22.5. The highest BCUT2D eigenvalue weighted by Crippen LogP contribution is 2.31. The van der Waals surface area contributed by atoms with E-state index in [0.717, 1.165) is 53.9 Å². The van der Waals surface area contributed by atoms with Crippen molar-refractivity contribution in [3.05, 3.63) is 106 Å². The monoisotopic (exact) mass is 437 g/mol. The van der Waals surface area contributed by atoms with Gasteiger partial charge in [-0.1, -0.05) is 73.9 Å². The Bertz CT molecular complexity index is 1320. The second kappa shape index (κ2) is 9.82. The highest BCUT2D eigenvalue weighted by molar-refractivity contribution is 5.83. The van der Waals surface area contributed by atoms with Crippen molar-refractivity contribution in [2.75, 3.05) is 0 Å². The summed E-state index contributed by atoms with van der Waals surface area (Å²) in [6, 6.07) is 25.3. The molecule has 5 nitrogen and oxygen atoms in total. The summed E-state index contributed by atoms with van der Waals surface area (Å²) in [5.41, 5.74) is 2.53. The lowest BCUT2D eigenvalue weighted by atomic mass is 9.88. The lowest BCUT2D eigenvalue weighted by molar-refractivity contribution is 0.306. The van der Waals surface area contributed by atoms with Crippen LogP contribution in [0.5, 0.6) is 5.75 Å². The van der Waals surface area contributed by atoms with Crippen molar-refractivity contribution in [3.8, 4) is 5.75 Å². The lowest BCUT2D eigenvalue weighted by Crippen LogP contribution is -2.25. The quantitative estimate of drug-likeness (QED) is 0.353. The molecule has 3 aromatic carbocycles. The van der Waals surface area contributed by atoms with Crippen LogP contribution in [0.15, 0.2) is 88.8 Å². The maximum Gasteiger partial charge on any atom is 0.282 e. The fraction of sp³-hybridized carbons (Fsp3) is 0.250. The van der Waals surface area contributed by atoms with E-state index in [0.29, 0.717) is 12.0 Å². The Balaban J connectivity index is 1.50. The van der Waals surface area contributed by atoms with Crippen molar-refractivity contribution >= 4 is 17.1 Å². The summed E-state index contributed by atoms with van der Waals surface area (Å²) in [5, 5.41) is 5.24. The molecule has 0 aliphatic heterocycles. The van der Waals surface area contributed by atoms with Crippen LogP contribution in [-0.4, -0.2) is 15.9 Å².